The topological polar surface area (TPSA) is 20.2 Å². The van der Waals surface area contributed by atoms with E-state index in [-0.39, 0.29) is 12.0 Å². The van der Waals surface area contributed by atoms with Gasteiger partial charge >= 0.3 is 0 Å². The van der Waals surface area contributed by atoms with Gasteiger partial charge in [0.2, 0.25) is 0 Å². The molecule has 1 nitrogen and oxygen atoms in total. The van der Waals surface area contributed by atoms with Gasteiger partial charge in [0.25, 0.3) is 0 Å². The molecule has 0 rings (SSSR count). The van der Waals surface area contributed by atoms with Crippen LogP contribution in [0.2, 0.25) is 0 Å². The van der Waals surface area contributed by atoms with E-state index in [2.05, 4.69) is 13.2 Å². The molecule has 0 saturated carbocycles. The second kappa shape index (κ2) is 4.29. The van der Waals surface area contributed by atoms with Crippen LogP contribution < -0.4 is 0 Å². The summed E-state index contributed by atoms with van der Waals surface area (Å²) >= 11 is 0. The molecule has 1 N–H and O–H groups in total. The first-order chi connectivity index (χ1) is 4.59. The van der Waals surface area contributed by atoms with Crippen LogP contribution in [-0.4, -0.2) is 11.2 Å². The van der Waals surface area contributed by atoms with E-state index in [1.54, 1.807) is 0 Å². The molecule has 0 heterocycles. The molecule has 0 fully saturated rings. The highest BCUT2D eigenvalue weighted by Crippen LogP contribution is 2.13. The molecule has 0 aliphatic carbocycles. The zero-order chi connectivity index (χ0) is 8.15. The van der Waals surface area contributed by atoms with Gasteiger partial charge in [-0.05, 0) is 19.3 Å². The zero-order valence-corrected chi connectivity index (χ0v) is 6.80. The lowest BCUT2D eigenvalue weighted by molar-refractivity contribution is 0.152. The minimum atomic E-state index is -0.377. The Bertz CT molecular complexity index is 127. The van der Waals surface area contributed by atoms with Crippen molar-refractivity contribution in [3.63, 3.8) is 0 Å². The van der Waals surface area contributed by atoms with Crippen LogP contribution in [0.4, 0.5) is 0 Å². The van der Waals surface area contributed by atoms with Crippen LogP contribution in [0.25, 0.3) is 0 Å². The maximum atomic E-state index is 9.38. The highest BCUT2D eigenvalue weighted by molar-refractivity contribution is 4.99. The van der Waals surface area contributed by atoms with Gasteiger partial charge in [-0.2, -0.15) is 0 Å². The molecule has 0 spiro atoms. The minimum Gasteiger partial charge on any atom is -0.388 e. The molecule has 2 unspecified atom stereocenters. The van der Waals surface area contributed by atoms with Gasteiger partial charge in [0.1, 0.15) is 0 Å². The Balaban J connectivity index is 3.80. The molecular formula is C9H16O. The fraction of sp³-hybridized carbons (Fsp3) is 0.556. The van der Waals surface area contributed by atoms with Gasteiger partial charge in [-0.15, -0.1) is 6.58 Å². The van der Waals surface area contributed by atoms with Crippen molar-refractivity contribution in [1.82, 2.24) is 0 Å². The number of rotatable bonds is 4. The Hall–Kier alpha value is -0.560. The molecule has 0 aromatic heterocycles. The fourth-order valence-corrected chi connectivity index (χ4v) is 0.877. The molecule has 58 valence electrons. The van der Waals surface area contributed by atoms with Gasteiger partial charge in [-0.3, -0.25) is 0 Å². The normalized spacial score (nSPS) is 15.9. The van der Waals surface area contributed by atoms with Crippen LogP contribution >= 0.6 is 0 Å². The highest BCUT2D eigenvalue weighted by atomic mass is 16.3. The van der Waals surface area contributed by atoms with Gasteiger partial charge in [0.15, 0.2) is 0 Å². The molecule has 0 aliphatic heterocycles. The Morgan fingerprint density at radius 3 is 2.50 bits per heavy atom. The lowest BCUT2D eigenvalue weighted by atomic mass is 9.96. The third kappa shape index (κ3) is 2.83. The summed E-state index contributed by atoms with van der Waals surface area (Å²) in [6.07, 6.45) is 2.28. The van der Waals surface area contributed by atoms with Crippen molar-refractivity contribution < 1.29 is 5.11 Å². The Morgan fingerprint density at radius 1 is 1.70 bits per heavy atom. The maximum absolute atomic E-state index is 9.38. The number of aliphatic hydroxyl groups excluding tert-OH is 1. The van der Waals surface area contributed by atoms with Crippen LogP contribution in [0.3, 0.4) is 0 Å². The highest BCUT2D eigenvalue weighted by Gasteiger charge is 2.11. The molecule has 0 aromatic rings. The monoisotopic (exact) mass is 140 g/mol. The number of aliphatic hydroxyl groups is 1. The third-order valence-corrected chi connectivity index (χ3v) is 1.58. The summed E-state index contributed by atoms with van der Waals surface area (Å²) in [5, 5.41) is 9.38. The molecule has 0 saturated heterocycles. The lowest BCUT2D eigenvalue weighted by Crippen LogP contribution is -2.17. The molecule has 0 amide bonds. The van der Waals surface area contributed by atoms with E-state index in [0.29, 0.717) is 0 Å². The average molecular weight is 140 g/mol. The van der Waals surface area contributed by atoms with Gasteiger partial charge in [0.05, 0.1) is 6.10 Å². The van der Waals surface area contributed by atoms with Crippen LogP contribution in [0.5, 0.6) is 0 Å². The largest absolute Gasteiger partial charge is 0.388 e. The number of hydrogen-bond donors (Lipinski definition) is 1. The summed E-state index contributed by atoms with van der Waals surface area (Å²) in [6.45, 7) is 11.1. The number of hydrogen-bond acceptors (Lipinski definition) is 1. The molecule has 10 heavy (non-hydrogen) atoms. The van der Waals surface area contributed by atoms with Gasteiger partial charge in [0, 0.05) is 0 Å². The van der Waals surface area contributed by atoms with E-state index < -0.39 is 0 Å². The van der Waals surface area contributed by atoms with Crippen molar-refractivity contribution in [2.24, 2.45) is 5.92 Å². The quantitative estimate of drug-likeness (QED) is 0.593. The Labute approximate surface area is 63.1 Å². The van der Waals surface area contributed by atoms with E-state index in [1.807, 2.05) is 19.9 Å². The van der Waals surface area contributed by atoms with Gasteiger partial charge < -0.3 is 5.11 Å². The van der Waals surface area contributed by atoms with Crippen LogP contribution in [0.15, 0.2) is 24.8 Å². The summed E-state index contributed by atoms with van der Waals surface area (Å²) in [6, 6.07) is 0. The predicted octanol–water partition coefficient (Wildman–Crippen LogP) is 2.14. The summed E-state index contributed by atoms with van der Waals surface area (Å²) in [5.74, 6) is 0.245. The minimum absolute atomic E-state index is 0.245. The first kappa shape index (κ1) is 9.44. The number of allylic oxidation sites excluding steroid dienone is 1. The maximum Gasteiger partial charge on any atom is 0.0773 e. The Kier molecular flexibility index (Phi) is 4.05. The van der Waals surface area contributed by atoms with Crippen LogP contribution in [0.1, 0.15) is 20.3 Å². The smallest absolute Gasteiger partial charge is 0.0773 e. The second-order valence-corrected chi connectivity index (χ2v) is 2.79. The molecule has 0 bridgehead atoms. The van der Waals surface area contributed by atoms with E-state index in [4.69, 9.17) is 0 Å². The molecule has 0 radical (unpaired) electrons. The van der Waals surface area contributed by atoms with Crippen molar-refractivity contribution in [3.8, 4) is 0 Å². The average Bonchev–Trinajstić information content (AvgIpc) is 1.87. The predicted molar refractivity (Wildman–Crippen MR) is 44.8 cm³/mol. The van der Waals surface area contributed by atoms with Crippen molar-refractivity contribution >= 4 is 0 Å². The Morgan fingerprint density at radius 2 is 2.20 bits per heavy atom. The first-order valence-corrected chi connectivity index (χ1v) is 3.54. The van der Waals surface area contributed by atoms with Crippen LogP contribution in [-0.2, 0) is 0 Å². The van der Waals surface area contributed by atoms with Crippen molar-refractivity contribution in [1.29, 1.82) is 0 Å². The van der Waals surface area contributed by atoms with Crippen molar-refractivity contribution in [2.45, 2.75) is 26.4 Å². The fourth-order valence-electron chi connectivity index (χ4n) is 0.877. The van der Waals surface area contributed by atoms with Gasteiger partial charge in [-0.25, -0.2) is 0 Å². The SMILES string of the molecule is C=CCC(C)C(O)C(=C)C. The first-order valence-electron chi connectivity index (χ1n) is 3.54. The summed E-state index contributed by atoms with van der Waals surface area (Å²) in [4.78, 5) is 0. The van der Waals surface area contributed by atoms with Crippen LogP contribution in [0, 0.1) is 5.92 Å². The lowest BCUT2D eigenvalue weighted by Gasteiger charge is -2.16. The van der Waals surface area contributed by atoms with Crippen molar-refractivity contribution in [2.75, 3.05) is 0 Å². The van der Waals surface area contributed by atoms with E-state index >= 15 is 0 Å². The summed E-state index contributed by atoms with van der Waals surface area (Å²) < 4.78 is 0. The molecule has 0 aromatic carbocycles. The second-order valence-electron chi connectivity index (χ2n) is 2.79. The van der Waals surface area contributed by atoms with E-state index in [0.717, 1.165) is 12.0 Å². The molecule has 1 heteroatoms. The third-order valence-electron chi connectivity index (χ3n) is 1.58. The molecule has 0 aliphatic rings. The van der Waals surface area contributed by atoms with Crippen molar-refractivity contribution in [3.05, 3.63) is 24.8 Å². The molecular weight excluding hydrogens is 124 g/mol. The zero-order valence-electron chi connectivity index (χ0n) is 6.80. The molecule has 2 atom stereocenters. The summed E-state index contributed by atoms with van der Waals surface area (Å²) in [7, 11) is 0. The summed E-state index contributed by atoms with van der Waals surface area (Å²) in [5.41, 5.74) is 0.828. The van der Waals surface area contributed by atoms with E-state index in [9.17, 15) is 5.11 Å². The van der Waals surface area contributed by atoms with Gasteiger partial charge in [-0.1, -0.05) is 25.2 Å². The standard InChI is InChI=1S/C9H16O/c1-5-6-8(4)9(10)7(2)3/h5,8-10H,1-2,6H2,3-4H3. The van der Waals surface area contributed by atoms with E-state index in [1.165, 1.54) is 0 Å².